The topological polar surface area (TPSA) is 40.9 Å². The van der Waals surface area contributed by atoms with Crippen LogP contribution in [0.5, 0.6) is 0 Å². The second-order valence-corrected chi connectivity index (χ2v) is 5.91. The molecule has 0 aliphatic heterocycles. The molecule has 1 aromatic heterocycles. The molecular weight excluding hydrogens is 330 g/mol. The van der Waals surface area contributed by atoms with Crippen molar-refractivity contribution in [3.63, 3.8) is 0 Å². The third kappa shape index (κ3) is 2.44. The van der Waals surface area contributed by atoms with Gasteiger partial charge < -0.3 is 0 Å². The number of ketones is 1. The largest absolute Gasteiger partial charge is 0.292 e. The fraction of sp³-hybridized carbons (Fsp3) is 0.333. The molecule has 0 aliphatic carbocycles. The number of hydrogen-bond donors (Lipinski definition) is 0. The van der Waals surface area contributed by atoms with Gasteiger partial charge >= 0.3 is 0 Å². The fourth-order valence-electron chi connectivity index (χ4n) is 0.975. The van der Waals surface area contributed by atoms with Gasteiger partial charge in [-0.3, -0.25) is 4.79 Å². The quantitative estimate of drug-likeness (QED) is 0.782. The van der Waals surface area contributed by atoms with Crippen LogP contribution < -0.4 is 0 Å². The number of carbonyl (C=O) groups excluding carboxylic acids is 1. The van der Waals surface area contributed by atoms with Crippen molar-refractivity contribution in [3.8, 4) is 6.07 Å². The lowest BCUT2D eigenvalue weighted by Crippen LogP contribution is -2.09. The molecule has 0 aliphatic rings. The SMILES string of the molecule is CCC(C#N)C(=O)c1cc(Br)c(Br)s1. The summed E-state index contributed by atoms with van der Waals surface area (Å²) >= 11 is 7.97. The van der Waals surface area contributed by atoms with E-state index in [0.29, 0.717) is 11.3 Å². The molecule has 2 nitrogen and oxygen atoms in total. The Hall–Kier alpha value is -0.180. The van der Waals surface area contributed by atoms with Crippen molar-refractivity contribution < 1.29 is 4.79 Å². The van der Waals surface area contributed by atoms with Gasteiger partial charge in [0.15, 0.2) is 5.78 Å². The molecule has 0 saturated heterocycles. The number of nitriles is 1. The first-order valence-corrected chi connectivity index (χ1v) is 6.39. The second kappa shape index (κ2) is 5.06. The Balaban J connectivity index is 2.95. The predicted octanol–water partition coefficient (Wildman–Crippen LogP) is 4.01. The minimum Gasteiger partial charge on any atom is -0.292 e. The molecule has 0 spiro atoms. The molecule has 0 N–H and O–H groups in total. The van der Waals surface area contributed by atoms with Crippen LogP contribution in [0.25, 0.3) is 0 Å². The third-order valence-corrected chi connectivity index (χ3v) is 5.04. The van der Waals surface area contributed by atoms with Gasteiger partial charge in [-0.1, -0.05) is 6.92 Å². The van der Waals surface area contributed by atoms with Crippen molar-refractivity contribution in [2.24, 2.45) is 5.92 Å². The average Bonchev–Trinajstić information content (AvgIpc) is 2.49. The van der Waals surface area contributed by atoms with Crippen molar-refractivity contribution in [1.29, 1.82) is 5.26 Å². The van der Waals surface area contributed by atoms with Crippen molar-refractivity contribution in [3.05, 3.63) is 19.2 Å². The van der Waals surface area contributed by atoms with Gasteiger partial charge in [-0.25, -0.2) is 0 Å². The van der Waals surface area contributed by atoms with Crippen LogP contribution in [0.1, 0.15) is 23.0 Å². The predicted molar refractivity (Wildman–Crippen MR) is 63.4 cm³/mol. The molecule has 1 atom stereocenters. The Morgan fingerprint density at radius 1 is 1.71 bits per heavy atom. The molecule has 0 radical (unpaired) electrons. The number of halogens is 2. The van der Waals surface area contributed by atoms with Gasteiger partial charge in [0.2, 0.25) is 0 Å². The lowest BCUT2D eigenvalue weighted by molar-refractivity contribution is 0.0950. The van der Waals surface area contributed by atoms with E-state index < -0.39 is 5.92 Å². The van der Waals surface area contributed by atoms with E-state index in [9.17, 15) is 4.79 Å². The van der Waals surface area contributed by atoms with E-state index in [1.165, 1.54) is 11.3 Å². The number of thiophene rings is 1. The molecule has 1 aromatic rings. The monoisotopic (exact) mass is 335 g/mol. The first-order valence-electron chi connectivity index (χ1n) is 3.98. The number of carbonyl (C=O) groups is 1. The maximum absolute atomic E-state index is 11.7. The lowest BCUT2D eigenvalue weighted by atomic mass is 10.0. The summed E-state index contributed by atoms with van der Waals surface area (Å²) in [5.41, 5.74) is 0. The maximum atomic E-state index is 11.7. The minimum atomic E-state index is -0.521. The van der Waals surface area contributed by atoms with Gasteiger partial charge in [0.1, 0.15) is 5.92 Å². The van der Waals surface area contributed by atoms with E-state index in [2.05, 4.69) is 31.9 Å². The molecular formula is C9H7Br2NOS. The van der Waals surface area contributed by atoms with Crippen molar-refractivity contribution in [2.75, 3.05) is 0 Å². The van der Waals surface area contributed by atoms with Crippen molar-refractivity contribution >= 4 is 49.0 Å². The van der Waals surface area contributed by atoms with Gasteiger partial charge in [-0.05, 0) is 44.3 Å². The van der Waals surface area contributed by atoms with Crippen LogP contribution in [0.15, 0.2) is 14.3 Å². The molecule has 5 heteroatoms. The van der Waals surface area contributed by atoms with E-state index in [1.807, 2.05) is 13.0 Å². The van der Waals surface area contributed by atoms with Gasteiger partial charge in [-0.2, -0.15) is 5.26 Å². The zero-order valence-electron chi connectivity index (χ0n) is 7.38. The lowest BCUT2D eigenvalue weighted by Gasteiger charge is -2.00. The molecule has 0 amide bonds. The van der Waals surface area contributed by atoms with Crippen molar-refractivity contribution in [1.82, 2.24) is 0 Å². The molecule has 1 heterocycles. The smallest absolute Gasteiger partial charge is 0.189 e. The third-order valence-electron chi connectivity index (χ3n) is 1.77. The molecule has 0 bridgehead atoms. The molecule has 1 unspecified atom stereocenters. The molecule has 0 saturated carbocycles. The number of nitrogens with zero attached hydrogens (tertiary/aromatic N) is 1. The van der Waals surface area contributed by atoms with E-state index in [-0.39, 0.29) is 5.78 Å². The number of hydrogen-bond acceptors (Lipinski definition) is 3. The first kappa shape index (κ1) is 11.9. The van der Waals surface area contributed by atoms with Crippen LogP contribution in [0, 0.1) is 17.2 Å². The highest BCUT2D eigenvalue weighted by molar-refractivity contribution is 9.13. The summed E-state index contributed by atoms with van der Waals surface area (Å²) in [6, 6.07) is 3.75. The molecule has 74 valence electrons. The molecule has 1 rings (SSSR count). The van der Waals surface area contributed by atoms with Crippen LogP contribution in [0.4, 0.5) is 0 Å². The zero-order valence-corrected chi connectivity index (χ0v) is 11.4. The average molecular weight is 337 g/mol. The summed E-state index contributed by atoms with van der Waals surface area (Å²) in [5.74, 6) is -0.612. The number of rotatable bonds is 3. The maximum Gasteiger partial charge on any atom is 0.189 e. The standard InChI is InChI=1S/C9H7Br2NOS/c1-2-5(4-12)8(13)7-3-6(10)9(11)14-7/h3,5H,2H2,1H3. The molecule has 14 heavy (non-hydrogen) atoms. The number of Topliss-reactive ketones (excluding diaryl/α,β-unsaturated/α-hetero) is 1. The van der Waals surface area contributed by atoms with Crippen LogP contribution in [-0.4, -0.2) is 5.78 Å². The summed E-state index contributed by atoms with van der Waals surface area (Å²) in [6.45, 7) is 1.84. The summed E-state index contributed by atoms with van der Waals surface area (Å²) in [6.07, 6.45) is 0.558. The zero-order chi connectivity index (χ0) is 10.7. The van der Waals surface area contributed by atoms with E-state index in [4.69, 9.17) is 5.26 Å². The Bertz CT molecular complexity index is 375. The van der Waals surface area contributed by atoms with Gasteiger partial charge in [-0.15, -0.1) is 11.3 Å². The van der Waals surface area contributed by atoms with Crippen LogP contribution in [0.2, 0.25) is 0 Å². The molecule has 0 aromatic carbocycles. The van der Waals surface area contributed by atoms with Crippen molar-refractivity contribution in [2.45, 2.75) is 13.3 Å². The Morgan fingerprint density at radius 2 is 2.36 bits per heavy atom. The first-order chi connectivity index (χ1) is 6.60. The Labute approximate surface area is 103 Å². The van der Waals surface area contributed by atoms with Crippen LogP contribution in [-0.2, 0) is 0 Å². The van der Waals surface area contributed by atoms with Gasteiger partial charge in [0.25, 0.3) is 0 Å². The summed E-state index contributed by atoms with van der Waals surface area (Å²) < 4.78 is 1.74. The Kier molecular flexibility index (Phi) is 4.30. The normalized spacial score (nSPS) is 12.1. The highest BCUT2D eigenvalue weighted by Crippen LogP contribution is 2.33. The Morgan fingerprint density at radius 3 is 2.71 bits per heavy atom. The fourth-order valence-corrected chi connectivity index (χ4v) is 3.01. The highest BCUT2D eigenvalue weighted by atomic mass is 79.9. The summed E-state index contributed by atoms with van der Waals surface area (Å²) in [7, 11) is 0. The molecule has 0 fully saturated rings. The van der Waals surface area contributed by atoms with Crippen LogP contribution in [0.3, 0.4) is 0 Å². The van der Waals surface area contributed by atoms with Gasteiger partial charge in [0, 0.05) is 4.47 Å². The summed E-state index contributed by atoms with van der Waals surface area (Å²) in [5, 5.41) is 8.74. The van der Waals surface area contributed by atoms with E-state index in [1.54, 1.807) is 6.07 Å². The highest BCUT2D eigenvalue weighted by Gasteiger charge is 2.20. The van der Waals surface area contributed by atoms with Crippen LogP contribution >= 0.6 is 43.2 Å². The van der Waals surface area contributed by atoms with Gasteiger partial charge in [0.05, 0.1) is 14.7 Å². The van der Waals surface area contributed by atoms with E-state index >= 15 is 0 Å². The second-order valence-electron chi connectivity index (χ2n) is 2.69. The van der Waals surface area contributed by atoms with E-state index in [0.717, 1.165) is 8.26 Å². The summed E-state index contributed by atoms with van der Waals surface area (Å²) in [4.78, 5) is 12.3. The minimum absolute atomic E-state index is 0.0913.